The molecule has 5 rings (SSSR count). The van der Waals surface area contributed by atoms with Crippen LogP contribution in [0.2, 0.25) is 0 Å². The third kappa shape index (κ3) is 9.70. The van der Waals surface area contributed by atoms with Crippen molar-refractivity contribution in [2.24, 2.45) is 11.8 Å². The first-order valence-electron chi connectivity index (χ1n) is 17.3. The Morgan fingerprint density at radius 1 is 0.833 bits per heavy atom. The molecule has 6 nitrogen and oxygen atoms in total. The summed E-state index contributed by atoms with van der Waals surface area (Å²) < 4.78 is 39.3. The van der Waals surface area contributed by atoms with Crippen molar-refractivity contribution < 1.29 is 27.6 Å². The number of Topliss-reactive ketones (excluding diaryl/α,β-unsaturated/α-hetero) is 1. The molecule has 1 saturated heterocycles. The predicted octanol–water partition coefficient (Wildman–Crippen LogP) is 8.77. The minimum Gasteiger partial charge on any atom is -0.371 e. The smallest absolute Gasteiger partial charge is 0.371 e. The van der Waals surface area contributed by atoms with Gasteiger partial charge in [0.1, 0.15) is 5.78 Å². The number of carbonyl (C=O) groups excluding carboxylic acids is 3. The Kier molecular flexibility index (Phi) is 12.0. The number of nitrogens with zero attached hydrogens (tertiary/aromatic N) is 1. The number of amides is 2. The summed E-state index contributed by atoms with van der Waals surface area (Å²) in [5.41, 5.74) is 3.62. The third-order valence-corrected chi connectivity index (χ3v) is 9.96. The predicted molar refractivity (Wildman–Crippen MR) is 183 cm³/mol. The van der Waals surface area contributed by atoms with Crippen molar-refractivity contribution >= 4 is 29.0 Å². The quantitative estimate of drug-likeness (QED) is 0.159. The molecule has 0 spiro atoms. The van der Waals surface area contributed by atoms with E-state index < -0.39 is 17.6 Å². The molecule has 0 radical (unpaired) electrons. The van der Waals surface area contributed by atoms with Gasteiger partial charge in [0.05, 0.1) is 5.56 Å². The Bertz CT molecular complexity index is 1560. The standard InChI is InChI=1S/C39H46F3N3O3/c1-27-6-2-3-10-36(27)45-24-21-29(22-25-45)11-13-30-14-15-32(37(47)43-23-5-8-28-7-4-9-34(46)20-12-28)26-35(30)44-38(48)31-16-18-33(19-17-31)39(40,41)42/h2-3,6,10,14-19,26,28-29H,4-5,7-9,11-13,20-25H2,1H3,(H,43,47)(H,44,48). The Hall–Kier alpha value is -4.14. The fraction of sp³-hybridized carbons (Fsp3) is 0.462. The van der Waals surface area contributed by atoms with Gasteiger partial charge < -0.3 is 15.5 Å². The zero-order chi connectivity index (χ0) is 34.1. The first kappa shape index (κ1) is 35.2. The zero-order valence-electron chi connectivity index (χ0n) is 27.7. The molecule has 1 aliphatic heterocycles. The van der Waals surface area contributed by atoms with Crippen molar-refractivity contribution in [2.75, 3.05) is 29.9 Å². The van der Waals surface area contributed by atoms with Crippen LogP contribution in [0.15, 0.2) is 66.7 Å². The molecule has 0 bridgehead atoms. The van der Waals surface area contributed by atoms with Gasteiger partial charge in [0, 0.05) is 55.0 Å². The van der Waals surface area contributed by atoms with Crippen molar-refractivity contribution in [1.29, 1.82) is 0 Å². The average molecular weight is 662 g/mol. The first-order chi connectivity index (χ1) is 23.1. The number of alkyl halides is 3. The van der Waals surface area contributed by atoms with E-state index in [9.17, 15) is 27.6 Å². The summed E-state index contributed by atoms with van der Waals surface area (Å²) in [4.78, 5) is 40.5. The van der Waals surface area contributed by atoms with Crippen molar-refractivity contribution in [3.63, 3.8) is 0 Å². The van der Waals surface area contributed by atoms with Gasteiger partial charge in [-0.1, -0.05) is 30.7 Å². The Labute approximate surface area is 281 Å². The molecule has 2 fully saturated rings. The molecule has 0 aromatic heterocycles. The lowest BCUT2D eigenvalue weighted by molar-refractivity contribution is -0.137. The number of aryl methyl sites for hydroxylation is 2. The molecule has 256 valence electrons. The summed E-state index contributed by atoms with van der Waals surface area (Å²) in [6.07, 6.45) is 5.26. The first-order valence-corrected chi connectivity index (χ1v) is 17.3. The number of nitrogens with one attached hydrogen (secondary N) is 2. The lowest BCUT2D eigenvalue weighted by Crippen LogP contribution is -2.34. The summed E-state index contributed by atoms with van der Waals surface area (Å²) >= 11 is 0. The fourth-order valence-electron chi connectivity index (χ4n) is 7.00. The third-order valence-electron chi connectivity index (χ3n) is 9.96. The number of hydrogen-bond donors (Lipinski definition) is 2. The maximum atomic E-state index is 13.2. The van der Waals surface area contributed by atoms with Crippen LogP contribution in [0.25, 0.3) is 0 Å². The number of para-hydroxylation sites is 1. The summed E-state index contributed by atoms with van der Waals surface area (Å²) in [7, 11) is 0. The fourth-order valence-corrected chi connectivity index (χ4v) is 7.00. The number of carbonyl (C=O) groups is 3. The van der Waals surface area contributed by atoms with Gasteiger partial charge in [-0.15, -0.1) is 0 Å². The second-order valence-corrected chi connectivity index (χ2v) is 13.4. The average Bonchev–Trinajstić information content (AvgIpc) is 3.29. The van der Waals surface area contributed by atoms with Gasteiger partial charge in [0.2, 0.25) is 0 Å². The van der Waals surface area contributed by atoms with E-state index in [4.69, 9.17) is 0 Å². The molecule has 3 aromatic rings. The minimum absolute atomic E-state index is 0.104. The molecule has 3 aromatic carbocycles. The molecule has 1 atom stereocenters. The van der Waals surface area contributed by atoms with Crippen LogP contribution in [0.4, 0.5) is 24.5 Å². The zero-order valence-corrected chi connectivity index (χ0v) is 27.7. The van der Waals surface area contributed by atoms with Crippen LogP contribution in [-0.2, 0) is 17.4 Å². The van der Waals surface area contributed by atoms with E-state index >= 15 is 0 Å². The number of rotatable bonds is 11. The molecule has 2 amide bonds. The van der Waals surface area contributed by atoms with Gasteiger partial charge in [-0.05, 0) is 124 Å². The molecular formula is C39H46F3N3O3. The number of anilines is 2. The highest BCUT2D eigenvalue weighted by Gasteiger charge is 2.30. The van der Waals surface area contributed by atoms with E-state index in [0.717, 1.165) is 82.2 Å². The molecule has 2 N–H and O–H groups in total. The summed E-state index contributed by atoms with van der Waals surface area (Å²) in [5, 5.41) is 5.88. The Morgan fingerprint density at radius 2 is 1.54 bits per heavy atom. The molecule has 1 saturated carbocycles. The van der Waals surface area contributed by atoms with E-state index in [1.165, 1.54) is 23.4 Å². The molecule has 1 unspecified atom stereocenters. The van der Waals surface area contributed by atoms with E-state index in [1.807, 2.05) is 6.07 Å². The highest BCUT2D eigenvalue weighted by atomic mass is 19.4. The summed E-state index contributed by atoms with van der Waals surface area (Å²) in [6.45, 7) is 4.60. The highest BCUT2D eigenvalue weighted by Crippen LogP contribution is 2.31. The van der Waals surface area contributed by atoms with Gasteiger partial charge in [-0.2, -0.15) is 13.2 Å². The van der Waals surface area contributed by atoms with Crippen molar-refractivity contribution in [2.45, 2.75) is 83.7 Å². The van der Waals surface area contributed by atoms with Crippen LogP contribution in [-0.4, -0.2) is 37.2 Å². The summed E-state index contributed by atoms with van der Waals surface area (Å²) in [6, 6.07) is 17.9. The van der Waals surface area contributed by atoms with Crippen LogP contribution < -0.4 is 15.5 Å². The molecule has 48 heavy (non-hydrogen) atoms. The number of ketones is 1. The largest absolute Gasteiger partial charge is 0.416 e. The number of hydrogen-bond acceptors (Lipinski definition) is 4. The van der Waals surface area contributed by atoms with Gasteiger partial charge in [-0.3, -0.25) is 14.4 Å². The van der Waals surface area contributed by atoms with Crippen LogP contribution in [0.3, 0.4) is 0 Å². The molecule has 1 heterocycles. The maximum Gasteiger partial charge on any atom is 0.416 e. The lowest BCUT2D eigenvalue weighted by Gasteiger charge is -2.34. The Balaban J connectivity index is 1.22. The van der Waals surface area contributed by atoms with Crippen molar-refractivity contribution in [1.82, 2.24) is 5.32 Å². The lowest BCUT2D eigenvalue weighted by atomic mass is 9.89. The molecule has 2 aliphatic rings. The minimum atomic E-state index is -4.49. The maximum absolute atomic E-state index is 13.2. The van der Waals surface area contributed by atoms with Gasteiger partial charge in [0.25, 0.3) is 11.8 Å². The van der Waals surface area contributed by atoms with Crippen molar-refractivity contribution in [3.05, 3.63) is 94.5 Å². The van der Waals surface area contributed by atoms with Crippen LogP contribution in [0, 0.1) is 18.8 Å². The van der Waals surface area contributed by atoms with Crippen molar-refractivity contribution in [3.8, 4) is 0 Å². The monoisotopic (exact) mass is 661 g/mol. The van der Waals surface area contributed by atoms with Gasteiger partial charge >= 0.3 is 6.18 Å². The van der Waals surface area contributed by atoms with Crippen LogP contribution >= 0.6 is 0 Å². The molecule has 1 aliphatic carbocycles. The number of benzene rings is 3. The topological polar surface area (TPSA) is 78.5 Å². The van der Waals surface area contributed by atoms with Crippen LogP contribution in [0.5, 0.6) is 0 Å². The van der Waals surface area contributed by atoms with E-state index in [2.05, 4.69) is 46.7 Å². The highest BCUT2D eigenvalue weighted by molar-refractivity contribution is 6.05. The molecular weight excluding hydrogens is 615 g/mol. The second kappa shape index (κ2) is 16.3. The Morgan fingerprint density at radius 3 is 2.27 bits per heavy atom. The molecule has 9 heteroatoms. The van der Waals surface area contributed by atoms with Gasteiger partial charge in [0.15, 0.2) is 0 Å². The van der Waals surface area contributed by atoms with E-state index in [-0.39, 0.29) is 11.5 Å². The normalized spacial score (nSPS) is 17.5. The van der Waals surface area contributed by atoms with Gasteiger partial charge in [-0.25, -0.2) is 0 Å². The summed E-state index contributed by atoms with van der Waals surface area (Å²) in [5.74, 6) is 0.591. The van der Waals surface area contributed by atoms with E-state index in [0.29, 0.717) is 54.7 Å². The SMILES string of the molecule is Cc1ccccc1N1CCC(CCc2ccc(C(=O)NCCCC3CCCC(=O)CC3)cc2NC(=O)c2ccc(C(F)(F)F)cc2)CC1. The number of halogens is 3. The number of piperidine rings is 1. The van der Waals surface area contributed by atoms with E-state index in [1.54, 1.807) is 12.1 Å². The van der Waals surface area contributed by atoms with Crippen LogP contribution in [0.1, 0.15) is 102 Å². The second-order valence-electron chi connectivity index (χ2n) is 13.4.